The highest BCUT2D eigenvalue weighted by molar-refractivity contribution is 5.75. The summed E-state index contributed by atoms with van der Waals surface area (Å²) in [5.41, 5.74) is 0.280. The number of nitrogens with zero attached hydrogens (tertiary/aromatic N) is 3. The van der Waals surface area contributed by atoms with Crippen molar-refractivity contribution in [2.45, 2.75) is 34.4 Å². The van der Waals surface area contributed by atoms with Crippen LogP contribution < -0.4 is 0 Å². The van der Waals surface area contributed by atoms with Gasteiger partial charge in [0.1, 0.15) is 0 Å². The second kappa shape index (κ2) is 4.42. The minimum absolute atomic E-state index is 0.108. The molecular formula is C10H16N3O2. The number of rotatable bonds is 3. The van der Waals surface area contributed by atoms with Crippen LogP contribution in [0.1, 0.15) is 33.4 Å². The highest BCUT2D eigenvalue weighted by Crippen LogP contribution is 2.15. The number of hydrogen-bond acceptors (Lipinski definition) is 4. The first-order valence-corrected chi connectivity index (χ1v) is 4.80. The van der Waals surface area contributed by atoms with Crippen LogP contribution in [0.25, 0.3) is 0 Å². The molecule has 0 fully saturated rings. The molecule has 0 saturated carbocycles. The molecule has 0 aliphatic rings. The van der Waals surface area contributed by atoms with Crippen LogP contribution in [-0.2, 0) is 16.3 Å². The zero-order valence-electron chi connectivity index (χ0n) is 9.52. The molecule has 5 heteroatoms. The van der Waals surface area contributed by atoms with Crippen LogP contribution in [0.15, 0.2) is 6.20 Å². The van der Waals surface area contributed by atoms with E-state index in [9.17, 15) is 4.79 Å². The maximum absolute atomic E-state index is 11.4. The molecule has 1 heterocycles. The average Bonchev–Trinajstić information content (AvgIpc) is 2.60. The molecule has 0 saturated heterocycles. The second-order valence-corrected chi connectivity index (χ2v) is 4.28. The Morgan fingerprint density at radius 2 is 2.27 bits per heavy atom. The van der Waals surface area contributed by atoms with Crippen molar-refractivity contribution in [1.29, 1.82) is 0 Å². The largest absolute Gasteiger partial charge is 0.442 e. The lowest BCUT2D eigenvalue weighted by atomic mass is 9.98. The smallest absolute Gasteiger partial charge is 0.313 e. The second-order valence-electron chi connectivity index (χ2n) is 4.28. The lowest BCUT2D eigenvalue weighted by Crippen LogP contribution is -2.24. The van der Waals surface area contributed by atoms with Gasteiger partial charge in [-0.1, -0.05) is 12.1 Å². The molecule has 1 rings (SSSR count). The van der Waals surface area contributed by atoms with Crippen molar-refractivity contribution in [3.8, 4) is 0 Å². The highest BCUT2D eigenvalue weighted by Gasteiger charge is 2.23. The summed E-state index contributed by atoms with van der Waals surface area (Å²) in [4.78, 5) is 11.4. The molecule has 0 aliphatic heterocycles. The van der Waals surface area contributed by atoms with Crippen LogP contribution in [0.2, 0.25) is 0 Å². The lowest BCUT2D eigenvalue weighted by Gasteiger charge is -2.15. The van der Waals surface area contributed by atoms with E-state index in [0.717, 1.165) is 5.69 Å². The van der Waals surface area contributed by atoms with Crippen molar-refractivity contribution in [1.82, 2.24) is 15.0 Å². The maximum atomic E-state index is 11.4. The molecule has 83 valence electrons. The van der Waals surface area contributed by atoms with Gasteiger partial charge in [0.25, 0.3) is 0 Å². The van der Waals surface area contributed by atoms with E-state index < -0.39 is 5.41 Å². The van der Waals surface area contributed by atoms with Crippen LogP contribution in [-0.4, -0.2) is 21.0 Å². The Morgan fingerprint density at radius 1 is 1.60 bits per heavy atom. The zero-order chi connectivity index (χ0) is 11.5. The van der Waals surface area contributed by atoms with Gasteiger partial charge in [0.15, 0.2) is 6.73 Å². The van der Waals surface area contributed by atoms with E-state index >= 15 is 0 Å². The quantitative estimate of drug-likeness (QED) is 0.707. The molecule has 0 aromatic carbocycles. The average molecular weight is 210 g/mol. The summed E-state index contributed by atoms with van der Waals surface area (Å²) in [7, 11) is 0. The molecule has 0 unspecified atom stereocenters. The van der Waals surface area contributed by atoms with Crippen LogP contribution >= 0.6 is 0 Å². The molecule has 0 spiro atoms. The fraction of sp³-hybridized carbons (Fsp3) is 0.600. The third-order valence-corrected chi connectivity index (χ3v) is 1.79. The van der Waals surface area contributed by atoms with Gasteiger partial charge in [0.2, 0.25) is 0 Å². The van der Waals surface area contributed by atoms with Gasteiger partial charge in [0.05, 0.1) is 17.3 Å². The third kappa shape index (κ3) is 3.34. The van der Waals surface area contributed by atoms with Gasteiger partial charge in [-0.2, -0.15) is 0 Å². The van der Waals surface area contributed by atoms with Crippen molar-refractivity contribution in [3.63, 3.8) is 0 Å². The fourth-order valence-electron chi connectivity index (χ4n) is 0.850. The van der Waals surface area contributed by atoms with Crippen LogP contribution in [0, 0.1) is 11.8 Å². The Bertz CT molecular complexity index is 339. The van der Waals surface area contributed by atoms with Crippen LogP contribution in [0.3, 0.4) is 0 Å². The number of ether oxygens (including phenoxy) is 1. The zero-order valence-corrected chi connectivity index (χ0v) is 9.52. The first-order valence-electron chi connectivity index (χ1n) is 4.80. The van der Waals surface area contributed by atoms with Crippen molar-refractivity contribution in [2.24, 2.45) is 5.41 Å². The number of carbonyl (C=O) groups is 1. The van der Waals surface area contributed by atoms with Crippen molar-refractivity contribution < 1.29 is 9.53 Å². The Kier molecular flexibility index (Phi) is 3.44. The van der Waals surface area contributed by atoms with E-state index in [1.54, 1.807) is 6.20 Å². The van der Waals surface area contributed by atoms with Gasteiger partial charge in [0, 0.05) is 6.42 Å². The minimum atomic E-state index is -0.486. The van der Waals surface area contributed by atoms with Crippen molar-refractivity contribution in [3.05, 3.63) is 18.3 Å². The van der Waals surface area contributed by atoms with E-state index in [4.69, 9.17) is 4.74 Å². The van der Waals surface area contributed by atoms with Crippen molar-refractivity contribution >= 4 is 5.97 Å². The monoisotopic (exact) mass is 210 g/mol. The summed E-state index contributed by atoms with van der Waals surface area (Å²) >= 11 is 0. The SMILES string of the molecule is C[CH]c1cn(COC(=O)C(C)(C)C)nn1. The van der Waals surface area contributed by atoms with Crippen LogP contribution in [0.4, 0.5) is 0 Å². The Hall–Kier alpha value is -1.39. The molecule has 15 heavy (non-hydrogen) atoms. The molecular weight excluding hydrogens is 194 g/mol. The lowest BCUT2D eigenvalue weighted by molar-refractivity contribution is -0.157. The maximum Gasteiger partial charge on any atom is 0.313 e. The predicted molar refractivity (Wildman–Crippen MR) is 54.6 cm³/mol. The summed E-state index contributed by atoms with van der Waals surface area (Å²) in [6, 6.07) is 0. The molecule has 1 radical (unpaired) electrons. The summed E-state index contributed by atoms with van der Waals surface area (Å²) in [6.07, 6.45) is 3.55. The van der Waals surface area contributed by atoms with E-state index in [1.807, 2.05) is 34.1 Å². The fourth-order valence-corrected chi connectivity index (χ4v) is 0.850. The molecule has 0 aliphatic carbocycles. The molecule has 0 atom stereocenters. The van der Waals surface area contributed by atoms with Crippen molar-refractivity contribution in [2.75, 3.05) is 0 Å². The Morgan fingerprint density at radius 3 is 2.73 bits per heavy atom. The van der Waals surface area contributed by atoms with E-state index in [1.165, 1.54) is 4.68 Å². The summed E-state index contributed by atoms with van der Waals surface area (Å²) in [5, 5.41) is 7.64. The summed E-state index contributed by atoms with van der Waals surface area (Å²) in [6.45, 7) is 7.40. The number of hydrogen-bond donors (Lipinski definition) is 0. The molecule has 1 aromatic rings. The van der Waals surface area contributed by atoms with E-state index in [0.29, 0.717) is 0 Å². The molecule has 5 nitrogen and oxygen atoms in total. The standard InChI is InChI=1S/C10H16N3O2/c1-5-8-6-13(12-11-8)7-15-9(14)10(2,3)4/h5-6H,7H2,1-4H3. The van der Waals surface area contributed by atoms with Gasteiger partial charge < -0.3 is 4.74 Å². The number of esters is 1. The summed E-state index contributed by atoms with van der Waals surface area (Å²) in [5.74, 6) is -0.250. The third-order valence-electron chi connectivity index (χ3n) is 1.79. The minimum Gasteiger partial charge on any atom is -0.442 e. The van der Waals surface area contributed by atoms with Crippen LogP contribution in [0.5, 0.6) is 0 Å². The predicted octanol–water partition coefficient (Wildman–Crippen LogP) is 1.40. The first kappa shape index (κ1) is 11.7. The van der Waals surface area contributed by atoms with Gasteiger partial charge in [-0.3, -0.25) is 4.79 Å². The highest BCUT2D eigenvalue weighted by atomic mass is 16.5. The molecule has 1 aromatic heterocycles. The summed E-state index contributed by atoms with van der Waals surface area (Å²) < 4.78 is 6.54. The number of carbonyl (C=O) groups excluding carboxylic acids is 1. The van der Waals surface area contributed by atoms with Gasteiger partial charge in [-0.15, -0.1) is 5.10 Å². The van der Waals surface area contributed by atoms with Gasteiger partial charge >= 0.3 is 5.97 Å². The Labute approximate surface area is 89.4 Å². The van der Waals surface area contributed by atoms with Gasteiger partial charge in [-0.05, 0) is 20.8 Å². The topological polar surface area (TPSA) is 57.0 Å². The van der Waals surface area contributed by atoms with E-state index in [-0.39, 0.29) is 12.7 Å². The van der Waals surface area contributed by atoms with Gasteiger partial charge in [-0.25, -0.2) is 4.68 Å². The molecule has 0 N–H and O–H groups in total. The molecule has 0 amide bonds. The van der Waals surface area contributed by atoms with E-state index in [2.05, 4.69) is 10.3 Å². The Balaban J connectivity index is 2.47. The normalized spacial score (nSPS) is 11.5. The first-order chi connectivity index (χ1) is 6.93. The number of aromatic nitrogens is 3. The molecule has 0 bridgehead atoms.